The van der Waals surface area contributed by atoms with E-state index in [9.17, 15) is 9.18 Å². The van der Waals surface area contributed by atoms with Crippen LogP contribution in [0.2, 0.25) is 5.02 Å². The second-order valence-corrected chi connectivity index (χ2v) is 8.84. The molecule has 3 aromatic carbocycles. The van der Waals surface area contributed by atoms with Crippen LogP contribution >= 0.6 is 35.6 Å². The van der Waals surface area contributed by atoms with Crippen LogP contribution in [0.25, 0.3) is 6.08 Å². The van der Waals surface area contributed by atoms with Gasteiger partial charge in [-0.2, -0.15) is 0 Å². The van der Waals surface area contributed by atoms with Gasteiger partial charge in [-0.15, -0.1) is 0 Å². The number of halogens is 2. The first-order valence-electron chi connectivity index (χ1n) is 9.54. The highest BCUT2D eigenvalue weighted by atomic mass is 35.5. The van der Waals surface area contributed by atoms with Gasteiger partial charge in [0.1, 0.15) is 12.4 Å². The number of para-hydroxylation sites is 1. The first-order chi connectivity index (χ1) is 15.5. The van der Waals surface area contributed by atoms with Gasteiger partial charge in [-0.3, -0.25) is 9.69 Å². The summed E-state index contributed by atoms with van der Waals surface area (Å²) in [6.07, 6.45) is 1.69. The number of anilines is 1. The molecule has 0 bridgehead atoms. The number of hydrogen-bond donors (Lipinski definition) is 0. The summed E-state index contributed by atoms with van der Waals surface area (Å²) in [6.45, 7) is 0.288. The van der Waals surface area contributed by atoms with E-state index in [2.05, 4.69) is 0 Å². The molecule has 0 saturated carbocycles. The van der Waals surface area contributed by atoms with Crippen molar-refractivity contribution in [3.8, 4) is 11.5 Å². The van der Waals surface area contributed by atoms with Crippen LogP contribution in [0.4, 0.5) is 10.1 Å². The number of benzene rings is 3. The molecular weight excluding hydrogens is 469 g/mol. The highest BCUT2D eigenvalue weighted by Crippen LogP contribution is 2.38. The van der Waals surface area contributed by atoms with Crippen LogP contribution in [0.15, 0.2) is 71.6 Å². The molecule has 0 atom stereocenters. The van der Waals surface area contributed by atoms with E-state index in [0.717, 1.165) is 22.9 Å². The van der Waals surface area contributed by atoms with Gasteiger partial charge in [0.25, 0.3) is 5.91 Å². The fourth-order valence-corrected chi connectivity index (χ4v) is 4.60. The third-order valence-corrected chi connectivity index (χ3v) is 6.38. The highest BCUT2D eigenvalue weighted by molar-refractivity contribution is 8.27. The Morgan fingerprint density at radius 2 is 1.84 bits per heavy atom. The second kappa shape index (κ2) is 9.73. The molecule has 0 radical (unpaired) electrons. The maximum Gasteiger partial charge on any atom is 0.270 e. The summed E-state index contributed by atoms with van der Waals surface area (Å²) in [7, 11) is 1.54. The Morgan fingerprint density at radius 3 is 2.59 bits per heavy atom. The lowest BCUT2D eigenvalue weighted by Gasteiger charge is -2.15. The molecule has 8 heteroatoms. The smallest absolute Gasteiger partial charge is 0.270 e. The van der Waals surface area contributed by atoms with Crippen molar-refractivity contribution in [1.82, 2.24) is 0 Å². The first-order valence-corrected chi connectivity index (χ1v) is 11.1. The Balaban J connectivity index is 1.55. The van der Waals surface area contributed by atoms with Crippen molar-refractivity contribution in [2.24, 2.45) is 0 Å². The Bertz CT molecular complexity index is 1230. The quantitative estimate of drug-likeness (QED) is 0.295. The maximum atomic E-state index is 14.2. The van der Waals surface area contributed by atoms with Gasteiger partial charge in [0, 0.05) is 10.6 Å². The number of carbonyl (C=O) groups is 1. The van der Waals surface area contributed by atoms with Crippen molar-refractivity contribution in [1.29, 1.82) is 0 Å². The van der Waals surface area contributed by atoms with Crippen molar-refractivity contribution in [2.45, 2.75) is 6.61 Å². The normalized spacial score (nSPS) is 14.8. The minimum absolute atomic E-state index is 0.138. The van der Waals surface area contributed by atoms with Gasteiger partial charge in [0.05, 0.1) is 17.7 Å². The third kappa shape index (κ3) is 4.65. The largest absolute Gasteiger partial charge is 0.493 e. The standard InChI is InChI=1S/C24H17ClFNO3S2/c1-29-21-12-15(10-11-20(21)30-14-16-6-2-3-7-17(16)25)13-22-23(28)27(24(31)32-22)19-9-5-4-8-18(19)26/h2-13H,14H2,1H3/b22-13-. The predicted molar refractivity (Wildman–Crippen MR) is 131 cm³/mol. The number of methoxy groups -OCH3 is 1. The van der Waals surface area contributed by atoms with Crippen molar-refractivity contribution >= 4 is 57.6 Å². The average molecular weight is 486 g/mol. The number of ether oxygens (including phenoxy) is 2. The molecular formula is C24H17ClFNO3S2. The molecule has 0 spiro atoms. The van der Waals surface area contributed by atoms with Crippen molar-refractivity contribution < 1.29 is 18.7 Å². The van der Waals surface area contributed by atoms with Crippen molar-refractivity contribution in [3.05, 3.63) is 93.6 Å². The summed E-state index contributed by atoms with van der Waals surface area (Å²) < 4.78 is 25.8. The molecule has 4 rings (SSSR count). The molecule has 0 unspecified atom stereocenters. The molecule has 4 nitrogen and oxygen atoms in total. The Morgan fingerprint density at radius 1 is 1.09 bits per heavy atom. The topological polar surface area (TPSA) is 38.8 Å². The highest BCUT2D eigenvalue weighted by Gasteiger charge is 2.34. The van der Waals surface area contributed by atoms with Gasteiger partial charge in [-0.25, -0.2) is 4.39 Å². The van der Waals surface area contributed by atoms with Crippen LogP contribution in [0.3, 0.4) is 0 Å². The SMILES string of the molecule is COc1cc(/C=C2\SC(=S)N(c3ccccc3F)C2=O)ccc1OCc1ccccc1Cl. The van der Waals surface area contributed by atoms with Crippen molar-refractivity contribution in [2.75, 3.05) is 12.0 Å². The number of thioether (sulfide) groups is 1. The van der Waals surface area contributed by atoms with E-state index in [-0.39, 0.29) is 22.5 Å². The van der Waals surface area contributed by atoms with Gasteiger partial charge in [0.15, 0.2) is 15.8 Å². The second-order valence-electron chi connectivity index (χ2n) is 6.76. The molecule has 1 fully saturated rings. The van der Waals surface area contributed by atoms with Crippen molar-refractivity contribution in [3.63, 3.8) is 0 Å². The summed E-state index contributed by atoms with van der Waals surface area (Å²) in [5.41, 5.74) is 1.72. The van der Waals surface area contributed by atoms with Gasteiger partial charge in [-0.1, -0.05) is 72.0 Å². The Labute approximate surface area is 199 Å². The molecule has 1 amide bonds. The monoisotopic (exact) mass is 485 g/mol. The predicted octanol–water partition coefficient (Wildman–Crippen LogP) is 6.47. The molecule has 162 valence electrons. The number of hydrogen-bond acceptors (Lipinski definition) is 5. The number of rotatable bonds is 6. The molecule has 3 aromatic rings. The first kappa shape index (κ1) is 22.3. The van der Waals surface area contributed by atoms with Gasteiger partial charge in [0.2, 0.25) is 0 Å². The lowest BCUT2D eigenvalue weighted by atomic mass is 10.1. The summed E-state index contributed by atoms with van der Waals surface area (Å²) in [6, 6.07) is 18.8. The van der Waals surface area contributed by atoms with E-state index in [1.165, 1.54) is 17.0 Å². The number of amides is 1. The van der Waals surface area contributed by atoms with E-state index in [1.54, 1.807) is 49.6 Å². The lowest BCUT2D eigenvalue weighted by molar-refractivity contribution is -0.113. The van der Waals surface area contributed by atoms with Crippen LogP contribution < -0.4 is 14.4 Å². The van der Waals surface area contributed by atoms with Gasteiger partial charge < -0.3 is 9.47 Å². The fraction of sp³-hybridized carbons (Fsp3) is 0.0833. The zero-order valence-corrected chi connectivity index (χ0v) is 19.3. The van der Waals surface area contributed by atoms with Gasteiger partial charge >= 0.3 is 0 Å². The molecule has 0 aromatic heterocycles. The van der Waals surface area contributed by atoms with Gasteiger partial charge in [-0.05, 0) is 42.0 Å². The maximum absolute atomic E-state index is 14.2. The van der Waals surface area contributed by atoms with Crippen LogP contribution in [0.1, 0.15) is 11.1 Å². The van der Waals surface area contributed by atoms with Crippen LogP contribution in [0.5, 0.6) is 11.5 Å². The van der Waals surface area contributed by atoms with Crippen LogP contribution in [0, 0.1) is 5.82 Å². The summed E-state index contributed by atoms with van der Waals surface area (Å²) in [4.78, 5) is 14.5. The number of nitrogens with zero attached hydrogens (tertiary/aromatic N) is 1. The minimum Gasteiger partial charge on any atom is -0.493 e. The molecule has 0 aliphatic carbocycles. The average Bonchev–Trinajstić information content (AvgIpc) is 3.06. The van der Waals surface area contributed by atoms with E-state index >= 15 is 0 Å². The van der Waals surface area contributed by atoms with Crippen LogP contribution in [-0.2, 0) is 11.4 Å². The third-order valence-electron chi connectivity index (χ3n) is 4.71. The Hall–Kier alpha value is -2.87. The van der Waals surface area contributed by atoms with E-state index < -0.39 is 5.82 Å². The molecule has 1 aliphatic rings. The summed E-state index contributed by atoms with van der Waals surface area (Å²) in [5.74, 6) is 0.175. The Kier molecular flexibility index (Phi) is 6.79. The van der Waals surface area contributed by atoms with E-state index in [1.807, 2.05) is 18.2 Å². The molecule has 0 N–H and O–H groups in total. The summed E-state index contributed by atoms with van der Waals surface area (Å²) >= 11 is 12.6. The van der Waals surface area contributed by atoms with E-state index in [4.69, 9.17) is 33.3 Å². The zero-order chi connectivity index (χ0) is 22.7. The lowest BCUT2D eigenvalue weighted by Crippen LogP contribution is -2.28. The molecule has 32 heavy (non-hydrogen) atoms. The molecule has 1 aliphatic heterocycles. The number of thiocarbonyl (C=S) groups is 1. The molecule has 1 heterocycles. The van der Waals surface area contributed by atoms with E-state index in [0.29, 0.717) is 21.4 Å². The summed E-state index contributed by atoms with van der Waals surface area (Å²) in [5, 5.41) is 0.625. The number of carbonyl (C=O) groups excluding carboxylic acids is 1. The molecule has 1 saturated heterocycles. The van der Waals surface area contributed by atoms with Crippen LogP contribution in [-0.4, -0.2) is 17.3 Å². The zero-order valence-electron chi connectivity index (χ0n) is 16.9. The fourth-order valence-electron chi connectivity index (χ4n) is 3.12. The minimum atomic E-state index is -0.508.